The van der Waals surface area contributed by atoms with Crippen LogP contribution in [-0.2, 0) is 6.54 Å². The molecular formula is C16H12Cl2N2. The van der Waals surface area contributed by atoms with Gasteiger partial charge in [0, 0.05) is 29.3 Å². The molecule has 4 heteroatoms. The maximum Gasteiger partial charge on any atom is 0.0652 e. The predicted molar refractivity (Wildman–Crippen MR) is 85.5 cm³/mol. The van der Waals surface area contributed by atoms with E-state index in [1.54, 1.807) is 12.3 Å². The number of hydrogen-bond acceptors (Lipinski definition) is 2. The highest BCUT2D eigenvalue weighted by molar-refractivity contribution is 6.36. The van der Waals surface area contributed by atoms with Gasteiger partial charge < -0.3 is 5.32 Å². The van der Waals surface area contributed by atoms with E-state index in [1.165, 1.54) is 10.9 Å². The van der Waals surface area contributed by atoms with Gasteiger partial charge in [-0.25, -0.2) is 0 Å². The summed E-state index contributed by atoms with van der Waals surface area (Å²) >= 11 is 12.0. The Kier molecular flexibility index (Phi) is 3.77. The zero-order valence-corrected chi connectivity index (χ0v) is 12.1. The number of pyridine rings is 1. The van der Waals surface area contributed by atoms with Crippen molar-refractivity contribution in [1.29, 1.82) is 0 Å². The number of rotatable bonds is 3. The summed E-state index contributed by atoms with van der Waals surface area (Å²) in [4.78, 5) is 4.11. The maximum atomic E-state index is 6.14. The Morgan fingerprint density at radius 2 is 1.85 bits per heavy atom. The Balaban J connectivity index is 1.79. The van der Waals surface area contributed by atoms with Crippen molar-refractivity contribution in [2.24, 2.45) is 0 Å². The molecule has 3 aromatic rings. The second-order valence-corrected chi connectivity index (χ2v) is 5.38. The molecule has 1 heterocycles. The molecule has 0 aliphatic heterocycles. The van der Waals surface area contributed by atoms with Crippen molar-refractivity contribution in [2.75, 3.05) is 5.32 Å². The topological polar surface area (TPSA) is 24.9 Å². The van der Waals surface area contributed by atoms with Crippen LogP contribution in [-0.4, -0.2) is 4.98 Å². The lowest BCUT2D eigenvalue weighted by Crippen LogP contribution is -1.99. The Morgan fingerprint density at radius 3 is 2.70 bits per heavy atom. The minimum Gasteiger partial charge on any atom is -0.380 e. The summed E-state index contributed by atoms with van der Waals surface area (Å²) in [6.07, 6.45) is 3.66. The molecule has 1 aromatic heterocycles. The minimum absolute atomic E-state index is 0.627. The van der Waals surface area contributed by atoms with Crippen LogP contribution in [0.3, 0.4) is 0 Å². The van der Waals surface area contributed by atoms with Crippen LogP contribution in [0.4, 0.5) is 5.69 Å². The van der Waals surface area contributed by atoms with E-state index < -0.39 is 0 Å². The third-order valence-electron chi connectivity index (χ3n) is 3.12. The molecule has 0 spiro atoms. The standard InChI is InChI=1S/C16H12Cl2N2/c17-14-3-4-16(15(18)8-14)20-9-11-1-2-13-10-19-6-5-12(13)7-11/h1-8,10,20H,9H2. The van der Waals surface area contributed by atoms with Gasteiger partial charge in [-0.15, -0.1) is 0 Å². The van der Waals surface area contributed by atoms with E-state index in [-0.39, 0.29) is 0 Å². The van der Waals surface area contributed by atoms with E-state index in [1.807, 2.05) is 24.4 Å². The quantitative estimate of drug-likeness (QED) is 0.723. The molecule has 0 amide bonds. The van der Waals surface area contributed by atoms with Gasteiger partial charge in [-0.3, -0.25) is 4.98 Å². The summed E-state index contributed by atoms with van der Waals surface area (Å²) in [5, 5.41) is 6.90. The lowest BCUT2D eigenvalue weighted by Gasteiger charge is -2.09. The number of nitrogens with zero attached hydrogens (tertiary/aromatic N) is 1. The van der Waals surface area contributed by atoms with Crippen LogP contribution in [0, 0.1) is 0 Å². The SMILES string of the molecule is Clc1ccc(NCc2ccc3cnccc3c2)c(Cl)c1. The molecule has 2 nitrogen and oxygen atoms in total. The molecule has 1 N–H and O–H groups in total. The fourth-order valence-corrected chi connectivity index (χ4v) is 2.55. The van der Waals surface area contributed by atoms with E-state index in [2.05, 4.69) is 28.5 Å². The third kappa shape index (κ3) is 2.87. The number of benzene rings is 2. The average Bonchev–Trinajstić information content (AvgIpc) is 2.46. The van der Waals surface area contributed by atoms with Crippen molar-refractivity contribution < 1.29 is 0 Å². The molecular weight excluding hydrogens is 291 g/mol. The summed E-state index contributed by atoms with van der Waals surface area (Å²) in [5.74, 6) is 0. The molecule has 0 unspecified atom stereocenters. The van der Waals surface area contributed by atoms with Gasteiger partial charge in [0.1, 0.15) is 0 Å². The highest BCUT2D eigenvalue weighted by Crippen LogP contribution is 2.26. The minimum atomic E-state index is 0.627. The van der Waals surface area contributed by atoms with Crippen molar-refractivity contribution in [3.8, 4) is 0 Å². The van der Waals surface area contributed by atoms with Crippen molar-refractivity contribution in [3.63, 3.8) is 0 Å². The van der Waals surface area contributed by atoms with E-state index in [0.717, 1.165) is 11.1 Å². The first-order chi connectivity index (χ1) is 9.72. The van der Waals surface area contributed by atoms with Gasteiger partial charge in [0.05, 0.1) is 10.7 Å². The molecule has 0 aliphatic carbocycles. The molecule has 0 aliphatic rings. The molecule has 20 heavy (non-hydrogen) atoms. The fraction of sp³-hybridized carbons (Fsp3) is 0.0625. The van der Waals surface area contributed by atoms with Gasteiger partial charge >= 0.3 is 0 Å². The highest BCUT2D eigenvalue weighted by Gasteiger charge is 2.01. The van der Waals surface area contributed by atoms with Crippen LogP contribution in [0.1, 0.15) is 5.56 Å². The van der Waals surface area contributed by atoms with Gasteiger partial charge in [-0.2, -0.15) is 0 Å². The van der Waals surface area contributed by atoms with Crippen molar-refractivity contribution in [1.82, 2.24) is 4.98 Å². The predicted octanol–water partition coefficient (Wildman–Crippen LogP) is 5.15. The first-order valence-electron chi connectivity index (χ1n) is 6.24. The molecule has 0 saturated carbocycles. The molecule has 3 rings (SSSR count). The monoisotopic (exact) mass is 302 g/mol. The van der Waals surface area contributed by atoms with Gasteiger partial charge in [-0.1, -0.05) is 35.3 Å². The zero-order valence-electron chi connectivity index (χ0n) is 10.6. The molecule has 0 saturated heterocycles. The number of halogens is 2. The Labute approximate surface area is 127 Å². The summed E-state index contributed by atoms with van der Waals surface area (Å²) in [7, 11) is 0. The van der Waals surface area contributed by atoms with Gasteiger partial charge in [0.15, 0.2) is 0 Å². The van der Waals surface area contributed by atoms with Crippen LogP contribution in [0.5, 0.6) is 0 Å². The van der Waals surface area contributed by atoms with E-state index in [9.17, 15) is 0 Å². The Morgan fingerprint density at radius 1 is 0.950 bits per heavy atom. The summed E-state index contributed by atoms with van der Waals surface area (Å²) < 4.78 is 0. The van der Waals surface area contributed by atoms with Gasteiger partial charge in [0.25, 0.3) is 0 Å². The third-order valence-corrected chi connectivity index (χ3v) is 3.67. The largest absolute Gasteiger partial charge is 0.380 e. The van der Waals surface area contributed by atoms with Gasteiger partial charge in [0.2, 0.25) is 0 Å². The molecule has 0 bridgehead atoms. The summed E-state index contributed by atoms with van der Waals surface area (Å²) in [6.45, 7) is 0.708. The van der Waals surface area contributed by atoms with E-state index >= 15 is 0 Å². The van der Waals surface area contributed by atoms with Crippen molar-refractivity contribution in [2.45, 2.75) is 6.54 Å². The van der Waals surface area contributed by atoms with Crippen molar-refractivity contribution in [3.05, 3.63) is 70.5 Å². The molecule has 0 fully saturated rings. The lowest BCUT2D eigenvalue weighted by atomic mass is 10.1. The molecule has 100 valence electrons. The fourth-order valence-electron chi connectivity index (χ4n) is 2.07. The number of fused-ring (bicyclic) bond motifs is 1. The average molecular weight is 303 g/mol. The summed E-state index contributed by atoms with van der Waals surface area (Å²) in [5.41, 5.74) is 2.07. The Bertz CT molecular complexity index is 756. The van der Waals surface area contributed by atoms with Crippen LogP contribution < -0.4 is 5.32 Å². The van der Waals surface area contributed by atoms with E-state index in [4.69, 9.17) is 23.2 Å². The number of anilines is 1. The van der Waals surface area contributed by atoms with Crippen LogP contribution in [0.25, 0.3) is 10.8 Å². The number of aromatic nitrogens is 1. The number of hydrogen-bond donors (Lipinski definition) is 1. The van der Waals surface area contributed by atoms with Crippen LogP contribution >= 0.6 is 23.2 Å². The zero-order chi connectivity index (χ0) is 13.9. The van der Waals surface area contributed by atoms with Gasteiger partial charge in [-0.05, 0) is 41.3 Å². The Hall–Kier alpha value is -1.77. The molecule has 0 atom stereocenters. The maximum absolute atomic E-state index is 6.14. The summed E-state index contributed by atoms with van der Waals surface area (Å²) in [6, 6.07) is 13.8. The smallest absolute Gasteiger partial charge is 0.0652 e. The second-order valence-electron chi connectivity index (χ2n) is 4.53. The first kappa shape index (κ1) is 13.2. The van der Waals surface area contributed by atoms with Crippen molar-refractivity contribution >= 4 is 39.7 Å². The normalized spacial score (nSPS) is 10.7. The van der Waals surface area contributed by atoms with E-state index in [0.29, 0.717) is 16.6 Å². The molecule has 0 radical (unpaired) electrons. The van der Waals surface area contributed by atoms with Crippen LogP contribution in [0.15, 0.2) is 54.9 Å². The van der Waals surface area contributed by atoms with Crippen LogP contribution in [0.2, 0.25) is 10.0 Å². The highest BCUT2D eigenvalue weighted by atomic mass is 35.5. The number of nitrogens with one attached hydrogen (secondary N) is 1. The molecule has 2 aromatic carbocycles. The second kappa shape index (κ2) is 5.70. The first-order valence-corrected chi connectivity index (χ1v) is 6.99. The lowest BCUT2D eigenvalue weighted by molar-refractivity contribution is 1.15.